The van der Waals surface area contributed by atoms with Crippen molar-refractivity contribution in [3.63, 3.8) is 0 Å². The molecule has 0 fully saturated rings. The van der Waals surface area contributed by atoms with Crippen molar-refractivity contribution in [3.05, 3.63) is 20.6 Å². The normalized spacial score (nSPS) is 10.4. The third-order valence-corrected chi connectivity index (χ3v) is 3.26. The fourth-order valence-corrected chi connectivity index (χ4v) is 2.90. The highest BCUT2D eigenvalue weighted by Gasteiger charge is 2.15. The molecule has 0 aliphatic carbocycles. The summed E-state index contributed by atoms with van der Waals surface area (Å²) < 4.78 is 11.8. The van der Waals surface area contributed by atoms with Gasteiger partial charge in [-0.15, -0.1) is 0 Å². The number of nitrogens with one attached hydrogen (secondary N) is 1. The Kier molecular flexibility index (Phi) is 5.42. The van der Waals surface area contributed by atoms with E-state index < -0.39 is 6.03 Å². The van der Waals surface area contributed by atoms with Crippen LogP contribution in [0.25, 0.3) is 0 Å². The van der Waals surface area contributed by atoms with E-state index in [-0.39, 0.29) is 0 Å². The van der Waals surface area contributed by atoms with Crippen molar-refractivity contribution in [3.8, 4) is 11.5 Å². The SMILES string of the molecule is COc1c(Br)cc(/C=N\NC(N)=O)c(OC)c1Br. The molecule has 0 bridgehead atoms. The number of nitrogens with two attached hydrogens (primary N) is 1. The maximum Gasteiger partial charge on any atom is 0.332 e. The Bertz CT molecular complexity index is 492. The molecular weight excluding hydrogens is 370 g/mol. The molecule has 98 valence electrons. The van der Waals surface area contributed by atoms with Gasteiger partial charge in [-0.2, -0.15) is 5.10 Å². The third kappa shape index (κ3) is 3.36. The molecule has 0 heterocycles. The van der Waals surface area contributed by atoms with Gasteiger partial charge < -0.3 is 15.2 Å². The first-order valence-electron chi connectivity index (χ1n) is 4.69. The second-order valence-electron chi connectivity index (χ2n) is 3.06. The summed E-state index contributed by atoms with van der Waals surface area (Å²) in [5.41, 5.74) is 7.65. The first kappa shape index (κ1) is 14.8. The number of hydrogen-bond acceptors (Lipinski definition) is 4. The number of rotatable bonds is 4. The molecule has 0 aliphatic heterocycles. The van der Waals surface area contributed by atoms with Crippen molar-refractivity contribution in [1.82, 2.24) is 5.43 Å². The van der Waals surface area contributed by atoms with Crippen LogP contribution in [0, 0.1) is 0 Å². The van der Waals surface area contributed by atoms with Gasteiger partial charge >= 0.3 is 6.03 Å². The minimum atomic E-state index is -0.739. The Labute approximate surface area is 121 Å². The fraction of sp³-hybridized carbons (Fsp3) is 0.200. The van der Waals surface area contributed by atoms with Gasteiger partial charge in [-0.3, -0.25) is 0 Å². The van der Waals surface area contributed by atoms with Gasteiger partial charge in [0.15, 0.2) is 5.75 Å². The predicted molar refractivity (Wildman–Crippen MR) is 75.3 cm³/mol. The summed E-state index contributed by atoms with van der Waals surface area (Å²) >= 11 is 6.73. The number of methoxy groups -OCH3 is 2. The van der Waals surface area contributed by atoms with E-state index in [2.05, 4.69) is 42.4 Å². The highest BCUT2D eigenvalue weighted by molar-refractivity contribution is 9.11. The first-order valence-corrected chi connectivity index (χ1v) is 6.28. The van der Waals surface area contributed by atoms with Crippen molar-refractivity contribution in [1.29, 1.82) is 0 Å². The number of carbonyl (C=O) groups is 1. The Balaban J connectivity index is 3.19. The molecule has 8 heteroatoms. The zero-order chi connectivity index (χ0) is 13.7. The predicted octanol–water partition coefficient (Wildman–Crippen LogP) is 2.23. The summed E-state index contributed by atoms with van der Waals surface area (Å²) in [6, 6.07) is 1.01. The molecular formula is C10H11Br2N3O3. The number of nitrogens with zero attached hydrogens (tertiary/aromatic N) is 1. The highest BCUT2D eigenvalue weighted by atomic mass is 79.9. The first-order chi connectivity index (χ1) is 8.51. The molecule has 0 unspecified atom stereocenters. The number of amides is 2. The summed E-state index contributed by atoms with van der Waals surface area (Å²) in [5.74, 6) is 1.14. The van der Waals surface area contributed by atoms with Gasteiger partial charge in [0.05, 0.1) is 24.9 Å². The van der Waals surface area contributed by atoms with Gasteiger partial charge in [0, 0.05) is 5.56 Å². The Hall–Kier alpha value is -1.28. The quantitative estimate of drug-likeness (QED) is 0.620. The smallest absolute Gasteiger partial charge is 0.332 e. The number of benzene rings is 1. The van der Waals surface area contributed by atoms with Crippen molar-refractivity contribution in [2.45, 2.75) is 0 Å². The minimum Gasteiger partial charge on any atom is -0.495 e. The molecule has 3 N–H and O–H groups in total. The third-order valence-electron chi connectivity index (χ3n) is 1.95. The van der Waals surface area contributed by atoms with Crippen LogP contribution >= 0.6 is 31.9 Å². The van der Waals surface area contributed by atoms with Gasteiger partial charge in [-0.25, -0.2) is 10.2 Å². The van der Waals surface area contributed by atoms with Crippen LogP contribution in [0.1, 0.15) is 5.56 Å². The van der Waals surface area contributed by atoms with Gasteiger partial charge in [-0.05, 0) is 37.9 Å². The van der Waals surface area contributed by atoms with E-state index in [0.29, 0.717) is 21.5 Å². The molecule has 0 spiro atoms. The van der Waals surface area contributed by atoms with Gasteiger partial charge in [0.2, 0.25) is 0 Å². The fourth-order valence-electron chi connectivity index (χ4n) is 1.26. The van der Waals surface area contributed by atoms with Crippen LogP contribution < -0.4 is 20.6 Å². The zero-order valence-electron chi connectivity index (χ0n) is 9.66. The molecule has 1 aromatic carbocycles. The number of hydrogen-bond donors (Lipinski definition) is 2. The van der Waals surface area contributed by atoms with Crippen LogP contribution in [0.15, 0.2) is 20.1 Å². The average molecular weight is 381 g/mol. The molecule has 2 amide bonds. The van der Waals surface area contributed by atoms with Gasteiger partial charge in [0.1, 0.15) is 10.2 Å². The molecule has 0 radical (unpaired) electrons. The lowest BCUT2D eigenvalue weighted by atomic mass is 10.2. The maximum atomic E-state index is 10.5. The lowest BCUT2D eigenvalue weighted by Crippen LogP contribution is -2.24. The lowest BCUT2D eigenvalue weighted by Gasteiger charge is -2.12. The standard InChI is InChI=1S/C10H11Br2N3O3/c1-17-8-5(4-14-15-10(13)16)3-6(11)9(18-2)7(8)12/h3-4H,1-2H3,(H3,13,15,16)/b14-4-. The van der Waals surface area contributed by atoms with E-state index in [0.717, 1.165) is 4.47 Å². The minimum absolute atomic E-state index is 0.532. The number of ether oxygens (including phenoxy) is 2. The molecule has 6 nitrogen and oxygen atoms in total. The second kappa shape index (κ2) is 6.60. The Morgan fingerprint density at radius 1 is 1.39 bits per heavy atom. The van der Waals surface area contributed by atoms with Crippen molar-refractivity contribution in [2.75, 3.05) is 14.2 Å². The number of hydrazone groups is 1. The molecule has 0 atom stereocenters. The molecule has 1 rings (SSSR count). The van der Waals surface area contributed by atoms with Crippen LogP contribution in [0.4, 0.5) is 4.79 Å². The van der Waals surface area contributed by atoms with E-state index in [4.69, 9.17) is 15.2 Å². The van der Waals surface area contributed by atoms with Crippen LogP contribution in [-0.4, -0.2) is 26.5 Å². The second-order valence-corrected chi connectivity index (χ2v) is 4.71. The summed E-state index contributed by atoms with van der Waals surface area (Å²) in [7, 11) is 3.07. The zero-order valence-corrected chi connectivity index (χ0v) is 12.8. The molecule has 0 saturated heterocycles. The lowest BCUT2D eigenvalue weighted by molar-refractivity contribution is 0.249. The van der Waals surface area contributed by atoms with Crippen molar-refractivity contribution >= 4 is 44.1 Å². The van der Waals surface area contributed by atoms with Crippen LogP contribution in [0.3, 0.4) is 0 Å². The number of halogens is 2. The van der Waals surface area contributed by atoms with E-state index in [1.807, 2.05) is 0 Å². The Morgan fingerprint density at radius 3 is 2.50 bits per heavy atom. The summed E-state index contributed by atoms with van der Waals surface area (Å²) in [5, 5.41) is 3.68. The van der Waals surface area contributed by atoms with Crippen LogP contribution in [-0.2, 0) is 0 Å². The molecule has 0 aromatic heterocycles. The van der Waals surface area contributed by atoms with E-state index in [9.17, 15) is 4.79 Å². The number of urea groups is 1. The number of carbonyl (C=O) groups excluding carboxylic acids is 1. The van der Waals surface area contributed by atoms with E-state index >= 15 is 0 Å². The van der Waals surface area contributed by atoms with Crippen LogP contribution in [0.2, 0.25) is 0 Å². The average Bonchev–Trinajstić information content (AvgIpc) is 2.29. The topological polar surface area (TPSA) is 85.9 Å². The summed E-state index contributed by atoms with van der Waals surface area (Å²) in [4.78, 5) is 10.5. The highest BCUT2D eigenvalue weighted by Crippen LogP contribution is 2.41. The van der Waals surface area contributed by atoms with E-state index in [1.165, 1.54) is 13.3 Å². The van der Waals surface area contributed by atoms with Crippen LogP contribution in [0.5, 0.6) is 11.5 Å². The molecule has 1 aromatic rings. The van der Waals surface area contributed by atoms with Crippen molar-refractivity contribution < 1.29 is 14.3 Å². The van der Waals surface area contributed by atoms with Crippen molar-refractivity contribution in [2.24, 2.45) is 10.8 Å². The monoisotopic (exact) mass is 379 g/mol. The molecule has 0 saturated carbocycles. The number of primary amides is 1. The van der Waals surface area contributed by atoms with E-state index in [1.54, 1.807) is 13.2 Å². The molecule has 18 heavy (non-hydrogen) atoms. The van der Waals surface area contributed by atoms with Gasteiger partial charge in [-0.1, -0.05) is 0 Å². The summed E-state index contributed by atoms with van der Waals surface area (Å²) in [6.45, 7) is 0. The summed E-state index contributed by atoms with van der Waals surface area (Å²) in [6.07, 6.45) is 1.42. The largest absolute Gasteiger partial charge is 0.495 e. The maximum absolute atomic E-state index is 10.5. The molecule has 0 aliphatic rings. The Morgan fingerprint density at radius 2 is 2.00 bits per heavy atom. The van der Waals surface area contributed by atoms with Gasteiger partial charge in [0.25, 0.3) is 0 Å².